The Morgan fingerprint density at radius 1 is 1.15 bits per heavy atom. The zero-order valence-corrected chi connectivity index (χ0v) is 25.3. The summed E-state index contributed by atoms with van der Waals surface area (Å²) in [6.07, 6.45) is 2.51. The van der Waals surface area contributed by atoms with Crippen LogP contribution in [0.2, 0.25) is 0 Å². The predicted molar refractivity (Wildman–Crippen MR) is 104 cm³/mol. The topological polar surface area (TPSA) is 211 Å². The Bertz CT molecular complexity index is 517. The Morgan fingerprint density at radius 3 is 1.67 bits per heavy atom. The second-order valence-electron chi connectivity index (χ2n) is 5.16. The molecule has 10 nitrogen and oxygen atoms in total. The number of carbonyl (C=O) groups is 2. The first-order valence-corrected chi connectivity index (χ1v) is 11.7. The molecule has 0 bridgehead atoms. The molecule has 0 spiro atoms. The van der Waals surface area contributed by atoms with E-state index in [1.807, 2.05) is 37.3 Å². The molecule has 1 unspecified atom stereocenters. The molecule has 14 heteroatoms. The molecule has 179 valence electrons. The fourth-order valence-corrected chi connectivity index (χ4v) is 1.56. The van der Waals surface area contributed by atoms with Gasteiger partial charge in [-0.25, -0.2) is 0 Å². The average Bonchev–Trinajstić information content (AvgIpc) is 2.63. The zero-order chi connectivity index (χ0) is 23.9. The monoisotopic (exact) mass is 602 g/mol. The first-order valence-electron chi connectivity index (χ1n) is 8.22. The van der Waals surface area contributed by atoms with Crippen LogP contribution in [0, 0.1) is 17.8 Å². The summed E-state index contributed by atoms with van der Waals surface area (Å²) >= 11 is -5.94. The Hall–Kier alpha value is 0.405. The van der Waals surface area contributed by atoms with Gasteiger partial charge in [-0.05, 0) is 32.3 Å². The van der Waals surface area contributed by atoms with E-state index in [2.05, 4.69) is 0 Å². The summed E-state index contributed by atoms with van der Waals surface area (Å²) in [5.41, 5.74) is 1.10. The maximum atomic E-state index is 10.9. The molecular formula is C19H32BINNa2O9. The number of hydrogen-bond donors (Lipinski definition) is 3. The molecule has 0 aliphatic rings. The molecule has 0 aromatic heterocycles. The van der Waals surface area contributed by atoms with Crippen molar-refractivity contribution >= 4 is 20.7 Å². The van der Waals surface area contributed by atoms with Crippen molar-refractivity contribution in [1.82, 2.24) is 0 Å². The maximum Gasteiger partial charge on any atom is 1.00 e. The van der Waals surface area contributed by atoms with Crippen molar-refractivity contribution in [1.29, 1.82) is 5.26 Å². The second-order valence-corrected chi connectivity index (χ2v) is 7.32. The van der Waals surface area contributed by atoms with Crippen molar-refractivity contribution < 1.29 is 118 Å². The van der Waals surface area contributed by atoms with Gasteiger partial charge in [-0.15, -0.1) is 0 Å². The average molecular weight is 602 g/mol. The summed E-state index contributed by atoms with van der Waals surface area (Å²) in [7, 11) is 0. The molecule has 0 heterocycles. The third-order valence-electron chi connectivity index (χ3n) is 2.58. The number of aliphatic hydroxyl groups excluding tert-OH is 2. The Labute approximate surface area is 249 Å². The second kappa shape index (κ2) is 39.6. The Balaban J connectivity index is -0.0000000467. The van der Waals surface area contributed by atoms with Gasteiger partial charge in [0.25, 0.3) is 0 Å². The van der Waals surface area contributed by atoms with E-state index < -0.39 is 32.2 Å². The quantitative estimate of drug-likeness (QED) is 0.121. The van der Waals surface area contributed by atoms with Gasteiger partial charge in [0.2, 0.25) is 0 Å². The van der Waals surface area contributed by atoms with E-state index >= 15 is 0 Å². The normalized spacial score (nSPS) is 9.79. The number of nitrogens with zero attached hydrogens (tertiary/aromatic N) is 1. The van der Waals surface area contributed by atoms with E-state index in [1.165, 1.54) is 13.8 Å². The van der Waals surface area contributed by atoms with Gasteiger partial charge in [-0.3, -0.25) is 18.5 Å². The van der Waals surface area contributed by atoms with Gasteiger partial charge >= 0.3 is 65.1 Å². The van der Waals surface area contributed by atoms with Gasteiger partial charge in [-0.2, -0.15) is 0 Å². The third kappa shape index (κ3) is 65.4. The summed E-state index contributed by atoms with van der Waals surface area (Å²) in [4.78, 5) is 19.7. The number of benzene rings is 1. The SMILES string of the molecule is C.CC(O)CO.CC=O.CCC[C@@H](Cc1ccccc1)C(=O)O.[B].[C-]#N.[Na+].[Na+].[O-][I+3]([O-])([O-])[O-]. The molecule has 0 saturated heterocycles. The number of aliphatic hydroxyl groups is 2. The molecule has 0 saturated carbocycles. The largest absolute Gasteiger partial charge is 1.00 e. The first kappa shape index (κ1) is 54.3. The summed E-state index contributed by atoms with van der Waals surface area (Å²) < 4.78 is 34.5. The van der Waals surface area contributed by atoms with Crippen molar-refractivity contribution in [3.63, 3.8) is 0 Å². The number of aldehydes is 1. The number of carboxylic acid groups (broad SMARTS) is 1. The van der Waals surface area contributed by atoms with Crippen LogP contribution in [0.25, 0.3) is 0 Å². The smallest absolute Gasteiger partial charge is 0.512 e. The molecule has 1 aromatic carbocycles. The molecular weight excluding hydrogens is 570 g/mol. The number of carbonyl (C=O) groups excluding carboxylic acids is 1. The number of carboxylic acids is 1. The maximum absolute atomic E-state index is 10.9. The predicted octanol–water partition coefficient (Wildman–Crippen LogP) is -11.1. The van der Waals surface area contributed by atoms with E-state index in [1.54, 1.807) is 0 Å². The summed E-state index contributed by atoms with van der Waals surface area (Å²) in [5.74, 6) is -0.918. The van der Waals surface area contributed by atoms with Gasteiger partial charge in [0.05, 0.1) is 18.6 Å². The van der Waals surface area contributed by atoms with Gasteiger partial charge in [0, 0.05) is 8.41 Å². The Kier molecular flexibility index (Phi) is 65.2. The molecule has 0 aliphatic heterocycles. The zero-order valence-electron chi connectivity index (χ0n) is 19.1. The molecule has 3 radical (unpaired) electrons. The van der Waals surface area contributed by atoms with Crippen LogP contribution in [0.1, 0.15) is 46.6 Å². The summed E-state index contributed by atoms with van der Waals surface area (Å²) in [6.45, 7) is 9.60. The number of aliphatic carboxylic acids is 1. The van der Waals surface area contributed by atoms with Crippen molar-refractivity contribution in [2.45, 2.75) is 53.6 Å². The van der Waals surface area contributed by atoms with Crippen molar-refractivity contribution in [2.24, 2.45) is 5.92 Å². The van der Waals surface area contributed by atoms with Crippen LogP contribution in [0.4, 0.5) is 0 Å². The summed E-state index contributed by atoms with van der Waals surface area (Å²) in [5, 5.41) is 31.2. The minimum absolute atomic E-state index is 0. The number of rotatable bonds is 6. The van der Waals surface area contributed by atoms with Crippen LogP contribution in [0.3, 0.4) is 0 Å². The van der Waals surface area contributed by atoms with Gasteiger partial charge in [-0.1, -0.05) is 51.1 Å². The van der Waals surface area contributed by atoms with Crippen LogP contribution in [-0.4, -0.2) is 48.7 Å². The number of hydrogen-bond acceptors (Lipinski definition) is 9. The van der Waals surface area contributed by atoms with Crippen LogP contribution >= 0.6 is 0 Å². The minimum Gasteiger partial charge on any atom is -0.512 e. The molecule has 1 aromatic rings. The van der Waals surface area contributed by atoms with E-state index in [0.29, 0.717) is 6.42 Å². The van der Waals surface area contributed by atoms with Crippen molar-refractivity contribution in [3.05, 3.63) is 42.5 Å². The third-order valence-corrected chi connectivity index (χ3v) is 2.58. The molecule has 0 aliphatic carbocycles. The number of halogens is 1. The van der Waals surface area contributed by atoms with E-state index in [4.69, 9.17) is 45.7 Å². The van der Waals surface area contributed by atoms with Gasteiger partial charge in [0.15, 0.2) is 0 Å². The van der Waals surface area contributed by atoms with Gasteiger partial charge < -0.3 is 31.9 Å². The molecule has 1 rings (SSSR count). The van der Waals surface area contributed by atoms with Crippen LogP contribution in [0.5, 0.6) is 0 Å². The van der Waals surface area contributed by atoms with Crippen molar-refractivity contribution in [3.8, 4) is 0 Å². The molecule has 2 atom stereocenters. The van der Waals surface area contributed by atoms with Crippen molar-refractivity contribution in [2.75, 3.05) is 6.61 Å². The molecule has 3 N–H and O–H groups in total. The summed E-state index contributed by atoms with van der Waals surface area (Å²) in [6, 6.07) is 9.79. The van der Waals surface area contributed by atoms with E-state index in [-0.39, 0.29) is 87.5 Å². The molecule has 33 heavy (non-hydrogen) atoms. The molecule has 0 amide bonds. The van der Waals surface area contributed by atoms with Crippen LogP contribution in [0.15, 0.2) is 30.3 Å². The fraction of sp³-hybridized carbons (Fsp3) is 0.526. The van der Waals surface area contributed by atoms with E-state index in [9.17, 15) is 4.79 Å². The molecule has 0 fully saturated rings. The van der Waals surface area contributed by atoms with E-state index in [0.717, 1.165) is 24.7 Å². The van der Waals surface area contributed by atoms with Gasteiger partial charge in [0.1, 0.15) is 26.4 Å². The standard InChI is InChI=1S/C12H16O2.C3H8O2.C2H4O.CN.CH4.B.IO4.2Na/c1-2-6-11(12(13)14)9-10-7-4-3-5-8-10;1-3(5)2-4;1-2-3;1-2;;;2-1(3,4)5;;/h3-5,7-8,11H,2,6,9H2,1H3,(H,13,14);3-5H,2H2,1H3;2H,1H3;;1H4;;;;/q;;;-1;;;-1;2*+1/t11-;;;;;;;;/m0......../s1. The first-order chi connectivity index (χ1) is 13.4. The van der Waals surface area contributed by atoms with Crippen LogP contribution < -0.4 is 93.0 Å². The minimum atomic E-state index is -5.94. The van der Waals surface area contributed by atoms with Crippen LogP contribution in [-0.2, 0) is 16.0 Å². The fourth-order valence-electron chi connectivity index (χ4n) is 1.56. The Morgan fingerprint density at radius 2 is 1.45 bits per heavy atom.